The number of amides is 3. The molecule has 2 rings (SSSR count). The van der Waals surface area contributed by atoms with E-state index in [0.717, 1.165) is 12.0 Å². The summed E-state index contributed by atoms with van der Waals surface area (Å²) < 4.78 is 12.9. The number of carbonyl (C=O) groups excluding carboxylic acids is 2. The van der Waals surface area contributed by atoms with E-state index in [0.29, 0.717) is 24.3 Å². The summed E-state index contributed by atoms with van der Waals surface area (Å²) in [5, 5.41) is 5.60. The second-order valence-corrected chi connectivity index (χ2v) is 5.65. The standard InChI is InChI=1S/C19H22FN3O2/c1-3-11-21-18(24)15-6-4-5-14(12-15)13-22-19(25)23(2)17-9-7-16(20)8-10-17/h4-10,12H,3,11,13H2,1-2H3,(H,21,24)(H,22,25). The van der Waals surface area contributed by atoms with E-state index in [-0.39, 0.29) is 17.8 Å². The molecule has 0 atom stereocenters. The summed E-state index contributed by atoms with van der Waals surface area (Å²) in [6.45, 7) is 2.91. The minimum absolute atomic E-state index is 0.126. The Morgan fingerprint density at radius 3 is 2.48 bits per heavy atom. The molecule has 0 unspecified atom stereocenters. The predicted octanol–water partition coefficient (Wildman–Crippen LogP) is 3.31. The lowest BCUT2D eigenvalue weighted by Crippen LogP contribution is -2.36. The molecule has 0 radical (unpaired) electrons. The molecule has 2 N–H and O–H groups in total. The molecule has 0 saturated carbocycles. The van der Waals surface area contributed by atoms with E-state index in [9.17, 15) is 14.0 Å². The van der Waals surface area contributed by atoms with Gasteiger partial charge >= 0.3 is 6.03 Å². The molecule has 0 aromatic heterocycles. The summed E-state index contributed by atoms with van der Waals surface area (Å²) in [4.78, 5) is 25.6. The van der Waals surface area contributed by atoms with Crippen molar-refractivity contribution in [1.82, 2.24) is 10.6 Å². The highest BCUT2D eigenvalue weighted by Gasteiger charge is 2.11. The molecule has 0 aliphatic carbocycles. The van der Waals surface area contributed by atoms with Crippen molar-refractivity contribution in [3.8, 4) is 0 Å². The number of anilines is 1. The van der Waals surface area contributed by atoms with Crippen LogP contribution in [0, 0.1) is 5.82 Å². The van der Waals surface area contributed by atoms with E-state index >= 15 is 0 Å². The number of hydrogen-bond acceptors (Lipinski definition) is 2. The van der Waals surface area contributed by atoms with E-state index in [4.69, 9.17) is 0 Å². The number of benzene rings is 2. The van der Waals surface area contributed by atoms with Crippen LogP contribution >= 0.6 is 0 Å². The van der Waals surface area contributed by atoms with Crippen molar-refractivity contribution in [3.63, 3.8) is 0 Å². The molecule has 2 aromatic rings. The molecular weight excluding hydrogens is 321 g/mol. The van der Waals surface area contributed by atoms with Crippen molar-refractivity contribution < 1.29 is 14.0 Å². The first-order valence-corrected chi connectivity index (χ1v) is 8.15. The number of rotatable bonds is 6. The summed E-state index contributed by atoms with van der Waals surface area (Å²) in [5.41, 5.74) is 1.98. The molecule has 3 amide bonds. The molecule has 0 fully saturated rings. The van der Waals surface area contributed by atoms with Gasteiger partial charge in [0.25, 0.3) is 5.91 Å². The SMILES string of the molecule is CCCNC(=O)c1cccc(CNC(=O)N(C)c2ccc(F)cc2)c1. The summed E-state index contributed by atoms with van der Waals surface area (Å²) >= 11 is 0. The van der Waals surface area contributed by atoms with Gasteiger partial charge in [-0.25, -0.2) is 9.18 Å². The quantitative estimate of drug-likeness (QED) is 0.845. The third kappa shape index (κ3) is 5.31. The first kappa shape index (κ1) is 18.4. The summed E-state index contributed by atoms with van der Waals surface area (Å²) in [5.74, 6) is -0.478. The number of urea groups is 1. The Morgan fingerprint density at radius 1 is 1.08 bits per heavy atom. The van der Waals surface area contributed by atoms with Gasteiger partial charge in [0, 0.05) is 31.4 Å². The highest BCUT2D eigenvalue weighted by atomic mass is 19.1. The monoisotopic (exact) mass is 343 g/mol. The van der Waals surface area contributed by atoms with Crippen molar-refractivity contribution in [2.45, 2.75) is 19.9 Å². The molecule has 5 nitrogen and oxygen atoms in total. The average molecular weight is 343 g/mol. The minimum atomic E-state index is -0.351. The summed E-state index contributed by atoms with van der Waals surface area (Å²) in [7, 11) is 1.61. The lowest BCUT2D eigenvalue weighted by Gasteiger charge is -2.18. The topological polar surface area (TPSA) is 61.4 Å². The number of carbonyl (C=O) groups is 2. The Kier molecular flexibility index (Phi) is 6.51. The third-order valence-corrected chi connectivity index (χ3v) is 3.69. The highest BCUT2D eigenvalue weighted by Crippen LogP contribution is 2.13. The van der Waals surface area contributed by atoms with Crippen LogP contribution in [0.3, 0.4) is 0 Å². The predicted molar refractivity (Wildman–Crippen MR) is 96.1 cm³/mol. The fraction of sp³-hybridized carbons (Fsp3) is 0.263. The third-order valence-electron chi connectivity index (χ3n) is 3.69. The van der Waals surface area contributed by atoms with E-state index in [1.807, 2.05) is 13.0 Å². The van der Waals surface area contributed by atoms with Crippen LogP contribution in [-0.2, 0) is 6.54 Å². The van der Waals surface area contributed by atoms with Gasteiger partial charge in [0.2, 0.25) is 0 Å². The van der Waals surface area contributed by atoms with Crippen LogP contribution in [0.15, 0.2) is 48.5 Å². The van der Waals surface area contributed by atoms with Crippen LogP contribution < -0.4 is 15.5 Å². The first-order chi connectivity index (χ1) is 12.0. The van der Waals surface area contributed by atoms with E-state index in [2.05, 4.69) is 10.6 Å². The normalized spacial score (nSPS) is 10.2. The lowest BCUT2D eigenvalue weighted by atomic mass is 10.1. The molecule has 0 heterocycles. The maximum atomic E-state index is 12.9. The summed E-state index contributed by atoms with van der Waals surface area (Å²) in [6, 6.07) is 12.5. The van der Waals surface area contributed by atoms with Crippen molar-refractivity contribution >= 4 is 17.6 Å². The van der Waals surface area contributed by atoms with Crippen LogP contribution in [0.5, 0.6) is 0 Å². The van der Waals surface area contributed by atoms with Gasteiger partial charge < -0.3 is 10.6 Å². The molecule has 132 valence electrons. The van der Waals surface area contributed by atoms with E-state index in [1.165, 1.54) is 29.2 Å². The van der Waals surface area contributed by atoms with Crippen LogP contribution in [0.4, 0.5) is 14.9 Å². The van der Waals surface area contributed by atoms with Gasteiger partial charge in [-0.1, -0.05) is 19.1 Å². The maximum absolute atomic E-state index is 12.9. The Balaban J connectivity index is 1.95. The van der Waals surface area contributed by atoms with E-state index in [1.54, 1.807) is 25.2 Å². The van der Waals surface area contributed by atoms with Gasteiger partial charge in [-0.15, -0.1) is 0 Å². The molecule has 0 aliphatic rings. The van der Waals surface area contributed by atoms with Crippen LogP contribution in [0.25, 0.3) is 0 Å². The molecule has 25 heavy (non-hydrogen) atoms. The highest BCUT2D eigenvalue weighted by molar-refractivity contribution is 5.94. The van der Waals surface area contributed by atoms with Crippen molar-refractivity contribution in [2.75, 3.05) is 18.5 Å². The van der Waals surface area contributed by atoms with E-state index < -0.39 is 0 Å². The molecule has 6 heteroatoms. The first-order valence-electron chi connectivity index (χ1n) is 8.15. The zero-order valence-corrected chi connectivity index (χ0v) is 14.4. The van der Waals surface area contributed by atoms with Gasteiger partial charge in [-0.3, -0.25) is 9.69 Å². The molecule has 0 saturated heterocycles. The zero-order chi connectivity index (χ0) is 18.2. The van der Waals surface area contributed by atoms with Gasteiger partial charge in [0.1, 0.15) is 5.82 Å². The Morgan fingerprint density at radius 2 is 1.80 bits per heavy atom. The van der Waals surface area contributed by atoms with Crippen molar-refractivity contribution in [2.24, 2.45) is 0 Å². The van der Waals surface area contributed by atoms with Crippen LogP contribution in [0.2, 0.25) is 0 Å². The van der Waals surface area contributed by atoms with Gasteiger partial charge in [-0.2, -0.15) is 0 Å². The van der Waals surface area contributed by atoms with Crippen LogP contribution in [-0.4, -0.2) is 25.5 Å². The number of nitrogens with zero attached hydrogens (tertiary/aromatic N) is 1. The van der Waals surface area contributed by atoms with Gasteiger partial charge in [-0.05, 0) is 48.4 Å². The maximum Gasteiger partial charge on any atom is 0.321 e. The van der Waals surface area contributed by atoms with Gasteiger partial charge in [0.15, 0.2) is 0 Å². The molecule has 0 bridgehead atoms. The fourth-order valence-corrected chi connectivity index (χ4v) is 2.24. The molecule has 0 aliphatic heterocycles. The fourth-order valence-electron chi connectivity index (χ4n) is 2.24. The summed E-state index contributed by atoms with van der Waals surface area (Å²) in [6.07, 6.45) is 0.872. The molecule has 2 aromatic carbocycles. The second-order valence-electron chi connectivity index (χ2n) is 5.65. The van der Waals surface area contributed by atoms with Crippen LogP contribution in [0.1, 0.15) is 29.3 Å². The number of hydrogen-bond donors (Lipinski definition) is 2. The Labute approximate surface area is 146 Å². The van der Waals surface area contributed by atoms with Crippen molar-refractivity contribution in [1.29, 1.82) is 0 Å². The largest absolute Gasteiger partial charge is 0.352 e. The van der Waals surface area contributed by atoms with Gasteiger partial charge in [0.05, 0.1) is 0 Å². The average Bonchev–Trinajstić information content (AvgIpc) is 2.64. The molecule has 0 spiro atoms. The second kappa shape index (κ2) is 8.82. The Hall–Kier alpha value is -2.89. The lowest BCUT2D eigenvalue weighted by molar-refractivity contribution is 0.0953. The Bertz CT molecular complexity index is 732. The minimum Gasteiger partial charge on any atom is -0.352 e. The van der Waals surface area contributed by atoms with Crippen molar-refractivity contribution in [3.05, 3.63) is 65.5 Å². The molecular formula is C19H22FN3O2. The zero-order valence-electron chi connectivity index (χ0n) is 14.4. The number of nitrogens with one attached hydrogen (secondary N) is 2. The smallest absolute Gasteiger partial charge is 0.321 e. The number of halogens is 1.